The van der Waals surface area contributed by atoms with Crippen LogP contribution in [0.25, 0.3) is 0 Å². The minimum Gasteiger partial charge on any atom is -0.507 e. The number of amides is 1. The summed E-state index contributed by atoms with van der Waals surface area (Å²) in [6.07, 6.45) is 3.87. The van der Waals surface area contributed by atoms with Crippen LogP contribution in [-0.2, 0) is 11.8 Å². The molecule has 3 aliphatic rings. The highest BCUT2D eigenvalue weighted by Gasteiger charge is 2.65. The molecule has 1 saturated carbocycles. The normalized spacial score (nSPS) is 36.1. The molecule has 2 fully saturated rings. The first-order valence-corrected chi connectivity index (χ1v) is 9.24. The zero-order valence-corrected chi connectivity index (χ0v) is 14.8. The molecule has 0 radical (unpaired) electrons. The van der Waals surface area contributed by atoms with Crippen molar-refractivity contribution in [2.24, 2.45) is 5.73 Å². The summed E-state index contributed by atoms with van der Waals surface area (Å²) in [6, 6.07) is 3.29. The number of fused-ring (bicyclic) bond motifs is 1. The quantitative estimate of drug-likeness (QED) is 0.599. The number of aliphatic hydroxyl groups is 2. The second kappa shape index (κ2) is 5.81. The molecule has 140 valence electrons. The zero-order chi connectivity index (χ0) is 18.7. The van der Waals surface area contributed by atoms with Crippen molar-refractivity contribution in [1.82, 2.24) is 4.90 Å². The van der Waals surface area contributed by atoms with Crippen molar-refractivity contribution in [3.05, 3.63) is 41.5 Å². The minimum absolute atomic E-state index is 0.0764. The van der Waals surface area contributed by atoms with E-state index in [-0.39, 0.29) is 17.4 Å². The monoisotopic (exact) mass is 358 g/mol. The number of likely N-dealkylation sites (tertiary alicyclic amines) is 1. The van der Waals surface area contributed by atoms with Gasteiger partial charge in [-0.25, -0.2) is 0 Å². The topological polar surface area (TPSA) is 107 Å². The molecule has 4 rings (SSSR count). The highest BCUT2D eigenvalue weighted by atomic mass is 16.3. The summed E-state index contributed by atoms with van der Waals surface area (Å²) in [5.74, 6) is -0.814. The highest BCUT2D eigenvalue weighted by molar-refractivity contribution is 5.96. The Bertz CT molecular complexity index is 779. The Morgan fingerprint density at radius 1 is 1.42 bits per heavy atom. The van der Waals surface area contributed by atoms with Crippen LogP contribution >= 0.6 is 0 Å². The number of nitrogens with two attached hydrogens (primary N) is 1. The minimum atomic E-state index is -1.06. The van der Waals surface area contributed by atoms with Crippen LogP contribution in [0.2, 0.25) is 0 Å². The number of primary amides is 1. The van der Waals surface area contributed by atoms with E-state index in [0.717, 1.165) is 12.1 Å². The third-order valence-corrected chi connectivity index (χ3v) is 6.87. The van der Waals surface area contributed by atoms with E-state index in [0.29, 0.717) is 44.2 Å². The number of benzene rings is 1. The van der Waals surface area contributed by atoms with Gasteiger partial charge in [0.2, 0.25) is 0 Å². The number of carbonyl (C=O) groups is 1. The van der Waals surface area contributed by atoms with Gasteiger partial charge in [0.15, 0.2) is 0 Å². The van der Waals surface area contributed by atoms with E-state index in [1.165, 1.54) is 0 Å². The Kier molecular flexibility index (Phi) is 3.91. The Hall–Kier alpha value is -1.89. The van der Waals surface area contributed by atoms with Gasteiger partial charge in [-0.15, -0.1) is 6.58 Å². The van der Waals surface area contributed by atoms with Crippen molar-refractivity contribution >= 4 is 5.91 Å². The first-order chi connectivity index (χ1) is 12.3. The largest absolute Gasteiger partial charge is 0.507 e. The molecule has 1 aromatic carbocycles. The standard InChI is InChI=1S/C20H26N2O4/c1-2-8-22-9-7-19-11-13(23)5-6-20(19,26)15(22)10-12-3-4-14(18(21)25)17(24)16(12)19/h2-4,13,15,23-24,26H,1,5-11H2,(H2,21,25)/t13?,15-,19-,20-/m1/s1. The molecule has 2 aliphatic carbocycles. The number of rotatable bonds is 3. The maximum Gasteiger partial charge on any atom is 0.252 e. The molecule has 26 heavy (non-hydrogen) atoms. The average molecular weight is 358 g/mol. The molecule has 1 aliphatic heterocycles. The fourth-order valence-electron chi connectivity index (χ4n) is 5.77. The maximum absolute atomic E-state index is 11.9. The molecule has 0 spiro atoms. The van der Waals surface area contributed by atoms with E-state index in [1.807, 2.05) is 12.1 Å². The molecule has 6 heteroatoms. The summed E-state index contributed by atoms with van der Waals surface area (Å²) < 4.78 is 0. The molecule has 1 unspecified atom stereocenters. The lowest BCUT2D eigenvalue weighted by atomic mass is 9.49. The van der Waals surface area contributed by atoms with Gasteiger partial charge in [0.25, 0.3) is 5.91 Å². The second-order valence-electron chi connectivity index (χ2n) is 8.02. The van der Waals surface area contributed by atoms with E-state index in [9.17, 15) is 20.1 Å². The van der Waals surface area contributed by atoms with E-state index < -0.39 is 23.0 Å². The number of carbonyl (C=O) groups excluding carboxylic acids is 1. The second-order valence-corrected chi connectivity index (χ2v) is 8.02. The van der Waals surface area contributed by atoms with Crippen LogP contribution in [0.3, 0.4) is 0 Å². The van der Waals surface area contributed by atoms with Crippen LogP contribution in [0.5, 0.6) is 5.75 Å². The molecular weight excluding hydrogens is 332 g/mol. The molecule has 1 amide bonds. The number of hydrogen-bond acceptors (Lipinski definition) is 5. The van der Waals surface area contributed by atoms with Gasteiger partial charge >= 0.3 is 0 Å². The number of aromatic hydroxyl groups is 1. The molecule has 1 aromatic rings. The highest BCUT2D eigenvalue weighted by Crippen LogP contribution is 2.60. The van der Waals surface area contributed by atoms with Gasteiger partial charge in [-0.05, 0) is 50.3 Å². The summed E-state index contributed by atoms with van der Waals surface area (Å²) in [5.41, 5.74) is 5.22. The predicted molar refractivity (Wildman–Crippen MR) is 97.0 cm³/mol. The Morgan fingerprint density at radius 3 is 2.88 bits per heavy atom. The summed E-state index contributed by atoms with van der Waals surface area (Å²) >= 11 is 0. The van der Waals surface area contributed by atoms with Gasteiger partial charge < -0.3 is 21.1 Å². The summed E-state index contributed by atoms with van der Waals surface area (Å²) in [7, 11) is 0. The van der Waals surface area contributed by atoms with Gasteiger partial charge in [-0.3, -0.25) is 9.69 Å². The van der Waals surface area contributed by atoms with Crippen LogP contribution in [0.1, 0.15) is 47.2 Å². The molecule has 0 aromatic heterocycles. The molecule has 1 saturated heterocycles. The van der Waals surface area contributed by atoms with E-state index >= 15 is 0 Å². The fourth-order valence-corrected chi connectivity index (χ4v) is 5.77. The zero-order valence-electron chi connectivity index (χ0n) is 14.8. The van der Waals surface area contributed by atoms with Gasteiger partial charge in [-0.2, -0.15) is 0 Å². The molecule has 4 atom stereocenters. The van der Waals surface area contributed by atoms with Crippen molar-refractivity contribution in [3.8, 4) is 5.75 Å². The Morgan fingerprint density at radius 2 is 2.19 bits per heavy atom. The van der Waals surface area contributed by atoms with Crippen LogP contribution in [-0.4, -0.2) is 57.0 Å². The van der Waals surface area contributed by atoms with Gasteiger partial charge in [0.05, 0.1) is 17.3 Å². The SMILES string of the molecule is C=CCN1CC[C@]23CC(O)CC[C@@]2(O)[C@H]1Cc1ccc(C(N)=O)c(O)c13. The molecule has 5 N–H and O–H groups in total. The first-order valence-electron chi connectivity index (χ1n) is 9.24. The van der Waals surface area contributed by atoms with E-state index in [1.54, 1.807) is 6.07 Å². The van der Waals surface area contributed by atoms with E-state index in [2.05, 4.69) is 11.5 Å². The van der Waals surface area contributed by atoms with Crippen LogP contribution in [0.4, 0.5) is 0 Å². The third-order valence-electron chi connectivity index (χ3n) is 6.87. The third kappa shape index (κ3) is 2.12. The summed E-state index contributed by atoms with van der Waals surface area (Å²) in [4.78, 5) is 14.0. The fraction of sp³-hybridized carbons (Fsp3) is 0.550. The lowest BCUT2D eigenvalue weighted by molar-refractivity contribution is -0.180. The predicted octanol–water partition coefficient (Wildman–Crippen LogP) is 0.821. The average Bonchev–Trinajstić information content (AvgIpc) is 2.57. The van der Waals surface area contributed by atoms with Crippen molar-refractivity contribution in [2.75, 3.05) is 13.1 Å². The summed E-state index contributed by atoms with van der Waals surface area (Å²) in [6.45, 7) is 5.26. The molecule has 1 heterocycles. The van der Waals surface area contributed by atoms with Crippen molar-refractivity contribution in [1.29, 1.82) is 0 Å². The van der Waals surface area contributed by atoms with Crippen molar-refractivity contribution < 1.29 is 20.1 Å². The van der Waals surface area contributed by atoms with Crippen LogP contribution in [0.15, 0.2) is 24.8 Å². The number of piperidine rings is 1. The smallest absolute Gasteiger partial charge is 0.252 e. The lowest BCUT2D eigenvalue weighted by Crippen LogP contribution is -2.73. The number of hydrogen-bond donors (Lipinski definition) is 4. The van der Waals surface area contributed by atoms with Gasteiger partial charge in [-0.1, -0.05) is 12.1 Å². The van der Waals surface area contributed by atoms with Crippen LogP contribution in [0, 0.1) is 0 Å². The first kappa shape index (κ1) is 17.5. The molecule has 2 bridgehead atoms. The van der Waals surface area contributed by atoms with E-state index in [4.69, 9.17) is 5.73 Å². The summed E-state index contributed by atoms with van der Waals surface area (Å²) in [5, 5.41) is 33.2. The van der Waals surface area contributed by atoms with Gasteiger partial charge in [0, 0.05) is 23.6 Å². The van der Waals surface area contributed by atoms with Crippen molar-refractivity contribution in [2.45, 2.75) is 55.3 Å². The lowest BCUT2D eigenvalue weighted by Gasteiger charge is -2.64. The Labute approximate surface area is 152 Å². The molecule has 6 nitrogen and oxygen atoms in total. The van der Waals surface area contributed by atoms with Gasteiger partial charge in [0.1, 0.15) is 5.75 Å². The number of aliphatic hydroxyl groups excluding tert-OH is 1. The number of phenols is 1. The van der Waals surface area contributed by atoms with Crippen molar-refractivity contribution in [3.63, 3.8) is 0 Å². The molecular formula is C20H26N2O4. The maximum atomic E-state index is 11.9. The number of nitrogens with zero attached hydrogens (tertiary/aromatic N) is 1. The van der Waals surface area contributed by atoms with Crippen LogP contribution < -0.4 is 5.73 Å². The Balaban J connectivity index is 1.96.